The highest BCUT2D eigenvalue weighted by Crippen LogP contribution is 2.77. The van der Waals surface area contributed by atoms with Gasteiger partial charge in [-0.1, -0.05) is 58.9 Å². The number of benzene rings is 1. The Labute approximate surface area is 267 Å². The smallest absolute Gasteiger partial charge is 0.330 e. The molecule has 242 valence electrons. The van der Waals surface area contributed by atoms with Crippen molar-refractivity contribution in [2.75, 3.05) is 13.7 Å². The van der Waals surface area contributed by atoms with Crippen molar-refractivity contribution in [1.29, 1.82) is 0 Å². The van der Waals surface area contributed by atoms with Crippen LogP contribution in [-0.2, 0) is 9.53 Å². The number of esters is 1. The standard InChI is InChI=1S/C40H58O4/c1-26(2)29-17-22-40(25-44-34(42)16-11-27-9-12-28(43-8)13-10-27)24-23-38(6)30(35(29)40)14-15-32-37(5)20-19-33(41)36(3,4)31(37)18-21-39(32,38)7/h9-13,16,29-33,35,41H,1,14-15,17-25H2,2-8H3/b16-11+/t29-,30+,31+,32+,33-,35-,37-,38+,39+,40+/m0/s1. The molecule has 4 heteroatoms. The molecule has 0 bridgehead atoms. The van der Waals surface area contributed by atoms with Gasteiger partial charge in [0, 0.05) is 11.5 Å². The molecular formula is C40H58O4. The molecule has 1 N–H and O–H groups in total. The van der Waals surface area contributed by atoms with Crippen LogP contribution >= 0.6 is 0 Å². The summed E-state index contributed by atoms with van der Waals surface area (Å²) in [6.07, 6.45) is 15.0. The lowest BCUT2D eigenvalue weighted by molar-refractivity contribution is -0.249. The lowest BCUT2D eigenvalue weighted by atomic mass is 9.32. The van der Waals surface area contributed by atoms with Crippen molar-refractivity contribution >= 4 is 12.0 Å². The highest BCUT2D eigenvalue weighted by atomic mass is 16.5. The normalized spacial score (nSPS) is 44.2. The molecule has 6 rings (SSSR count). The van der Waals surface area contributed by atoms with Gasteiger partial charge in [-0.3, -0.25) is 0 Å². The maximum atomic E-state index is 13.0. The van der Waals surface area contributed by atoms with E-state index in [-0.39, 0.29) is 39.1 Å². The number of rotatable bonds is 6. The molecule has 0 saturated heterocycles. The molecule has 5 fully saturated rings. The van der Waals surface area contributed by atoms with E-state index in [0.29, 0.717) is 36.2 Å². The highest BCUT2D eigenvalue weighted by molar-refractivity contribution is 5.87. The Bertz CT molecular complexity index is 1290. The molecule has 0 aliphatic heterocycles. The molecule has 5 aliphatic rings. The van der Waals surface area contributed by atoms with Crippen LogP contribution in [0, 0.1) is 56.7 Å². The van der Waals surface area contributed by atoms with E-state index in [4.69, 9.17) is 9.47 Å². The van der Waals surface area contributed by atoms with Gasteiger partial charge in [0.1, 0.15) is 5.75 Å². The molecule has 0 spiro atoms. The van der Waals surface area contributed by atoms with E-state index in [1.807, 2.05) is 30.3 Å². The Morgan fingerprint density at radius 2 is 1.64 bits per heavy atom. The van der Waals surface area contributed by atoms with Crippen LogP contribution in [0.1, 0.15) is 111 Å². The fourth-order valence-electron chi connectivity index (χ4n) is 12.7. The van der Waals surface area contributed by atoms with E-state index >= 15 is 0 Å². The summed E-state index contributed by atoms with van der Waals surface area (Å²) >= 11 is 0. The minimum atomic E-state index is -0.245. The van der Waals surface area contributed by atoms with Crippen molar-refractivity contribution in [3.05, 3.63) is 48.1 Å². The third kappa shape index (κ3) is 4.66. The number of carbonyl (C=O) groups excluding carboxylic acids is 1. The van der Waals surface area contributed by atoms with Crippen LogP contribution in [0.25, 0.3) is 6.08 Å². The summed E-state index contributed by atoms with van der Waals surface area (Å²) in [6, 6.07) is 7.72. The monoisotopic (exact) mass is 602 g/mol. The number of aliphatic hydroxyl groups excluding tert-OH is 1. The fraction of sp³-hybridized carbons (Fsp3) is 0.725. The SMILES string of the molecule is C=C(C)[C@@H]1CC[C@]2(COC(=O)/C=C/c3ccc(OC)cc3)CC[C@]3(C)[C@H](CC[C@@H]4[C@@]5(C)CC[C@H](O)C(C)(C)[C@H]5CC[C@]43C)[C@H]12. The molecule has 44 heavy (non-hydrogen) atoms. The summed E-state index contributed by atoms with van der Waals surface area (Å²) in [5, 5.41) is 11.0. The van der Waals surface area contributed by atoms with Gasteiger partial charge in [-0.15, -0.1) is 0 Å². The predicted molar refractivity (Wildman–Crippen MR) is 178 cm³/mol. The number of ether oxygens (including phenoxy) is 2. The minimum absolute atomic E-state index is 0.0179. The maximum Gasteiger partial charge on any atom is 0.330 e. The molecule has 0 unspecified atom stereocenters. The lowest BCUT2D eigenvalue weighted by Crippen LogP contribution is -2.66. The Morgan fingerprint density at radius 3 is 2.32 bits per heavy atom. The first kappa shape index (κ1) is 31.9. The zero-order valence-electron chi connectivity index (χ0n) is 28.6. The number of allylic oxidation sites excluding steroid dienone is 1. The van der Waals surface area contributed by atoms with E-state index < -0.39 is 0 Å². The van der Waals surface area contributed by atoms with Crippen LogP contribution in [-0.4, -0.2) is 30.9 Å². The number of methoxy groups -OCH3 is 1. The zero-order chi connectivity index (χ0) is 31.7. The van der Waals surface area contributed by atoms with Gasteiger partial charge in [0.15, 0.2) is 0 Å². The Morgan fingerprint density at radius 1 is 0.909 bits per heavy atom. The van der Waals surface area contributed by atoms with Gasteiger partial charge in [-0.2, -0.15) is 0 Å². The number of aliphatic hydroxyl groups is 1. The van der Waals surface area contributed by atoms with E-state index in [1.54, 1.807) is 13.2 Å². The van der Waals surface area contributed by atoms with Crippen LogP contribution in [0.5, 0.6) is 5.75 Å². The van der Waals surface area contributed by atoms with Gasteiger partial charge in [0.05, 0.1) is 19.8 Å². The van der Waals surface area contributed by atoms with Crippen molar-refractivity contribution in [1.82, 2.24) is 0 Å². The number of hydrogen-bond donors (Lipinski definition) is 1. The van der Waals surface area contributed by atoms with Gasteiger partial charge in [0.2, 0.25) is 0 Å². The maximum absolute atomic E-state index is 13.0. The van der Waals surface area contributed by atoms with Crippen LogP contribution < -0.4 is 4.74 Å². The van der Waals surface area contributed by atoms with Crippen molar-refractivity contribution < 1.29 is 19.4 Å². The quantitative estimate of drug-likeness (QED) is 0.200. The average Bonchev–Trinajstić information content (AvgIpc) is 3.38. The molecule has 0 radical (unpaired) electrons. The minimum Gasteiger partial charge on any atom is -0.497 e. The van der Waals surface area contributed by atoms with Crippen LogP contribution in [0.3, 0.4) is 0 Å². The van der Waals surface area contributed by atoms with E-state index in [1.165, 1.54) is 37.7 Å². The first-order chi connectivity index (χ1) is 20.7. The van der Waals surface area contributed by atoms with Crippen LogP contribution in [0.2, 0.25) is 0 Å². The highest BCUT2D eigenvalue weighted by Gasteiger charge is 2.71. The van der Waals surface area contributed by atoms with Gasteiger partial charge in [-0.05, 0) is 146 Å². The molecule has 5 saturated carbocycles. The largest absolute Gasteiger partial charge is 0.497 e. The second kappa shape index (κ2) is 11.0. The third-order valence-corrected chi connectivity index (χ3v) is 15.2. The number of fused-ring (bicyclic) bond motifs is 7. The van der Waals surface area contributed by atoms with Crippen LogP contribution in [0.15, 0.2) is 42.5 Å². The topological polar surface area (TPSA) is 55.8 Å². The summed E-state index contributed by atoms with van der Waals surface area (Å²) in [6.45, 7) is 19.9. The molecule has 4 nitrogen and oxygen atoms in total. The van der Waals surface area contributed by atoms with Gasteiger partial charge in [0.25, 0.3) is 0 Å². The summed E-state index contributed by atoms with van der Waals surface area (Å²) in [7, 11) is 1.66. The molecule has 0 amide bonds. The molecular weight excluding hydrogens is 544 g/mol. The Hall–Kier alpha value is -2.07. The molecule has 1 aromatic carbocycles. The third-order valence-electron chi connectivity index (χ3n) is 15.2. The van der Waals surface area contributed by atoms with Crippen molar-refractivity contribution in [2.45, 2.75) is 112 Å². The number of carbonyl (C=O) groups is 1. The van der Waals surface area contributed by atoms with Crippen molar-refractivity contribution in [2.24, 2.45) is 56.7 Å². The second-order valence-electron chi connectivity index (χ2n) is 17.1. The molecule has 10 atom stereocenters. The Balaban J connectivity index is 1.25. The van der Waals surface area contributed by atoms with Gasteiger partial charge in [-0.25, -0.2) is 4.79 Å². The summed E-state index contributed by atoms with van der Waals surface area (Å²) in [4.78, 5) is 13.0. The van der Waals surface area contributed by atoms with Gasteiger partial charge >= 0.3 is 5.97 Å². The van der Waals surface area contributed by atoms with Crippen molar-refractivity contribution in [3.63, 3.8) is 0 Å². The summed E-state index contributed by atoms with van der Waals surface area (Å²) in [5.74, 6) is 3.48. The molecule has 0 aromatic heterocycles. The van der Waals surface area contributed by atoms with E-state index in [9.17, 15) is 9.90 Å². The Kier molecular flexibility index (Phi) is 7.99. The first-order valence-corrected chi connectivity index (χ1v) is 17.5. The fourth-order valence-corrected chi connectivity index (χ4v) is 12.7. The second-order valence-corrected chi connectivity index (χ2v) is 17.1. The number of hydrogen-bond acceptors (Lipinski definition) is 4. The first-order valence-electron chi connectivity index (χ1n) is 17.5. The lowest BCUT2D eigenvalue weighted by Gasteiger charge is -2.73. The van der Waals surface area contributed by atoms with E-state index in [0.717, 1.165) is 43.4 Å². The van der Waals surface area contributed by atoms with Crippen LogP contribution in [0.4, 0.5) is 0 Å². The molecule has 1 aromatic rings. The molecule has 0 heterocycles. The summed E-state index contributed by atoms with van der Waals surface area (Å²) < 4.78 is 11.4. The zero-order valence-corrected chi connectivity index (χ0v) is 28.6. The van der Waals surface area contributed by atoms with E-state index in [2.05, 4.69) is 48.1 Å². The predicted octanol–water partition coefficient (Wildman–Crippen LogP) is 9.27. The average molecular weight is 603 g/mol. The van der Waals surface area contributed by atoms with Gasteiger partial charge < -0.3 is 14.6 Å². The van der Waals surface area contributed by atoms with Crippen molar-refractivity contribution in [3.8, 4) is 5.75 Å². The molecule has 5 aliphatic carbocycles. The summed E-state index contributed by atoms with van der Waals surface area (Å²) in [5.41, 5.74) is 3.13.